The fraction of sp³-hybridized carbons (Fsp3) is 0.167. The Morgan fingerprint density at radius 3 is 2.47 bits per heavy atom. The number of alkyl halides is 3. The lowest BCUT2D eigenvalue weighted by molar-refractivity contribution is -0.138. The van der Waals surface area contributed by atoms with Gasteiger partial charge in [0.05, 0.1) is 11.8 Å². The van der Waals surface area contributed by atoms with Gasteiger partial charge in [0.25, 0.3) is 0 Å². The molecule has 0 aliphatic rings. The molecule has 1 aromatic heterocycles. The summed E-state index contributed by atoms with van der Waals surface area (Å²) in [5.74, 6) is 4.64. The van der Waals surface area contributed by atoms with Gasteiger partial charge in [-0.1, -0.05) is 0 Å². The van der Waals surface area contributed by atoms with Crippen molar-refractivity contribution >= 4 is 0 Å². The van der Waals surface area contributed by atoms with Crippen LogP contribution in [0.4, 0.5) is 17.6 Å². The Balaban J connectivity index is 2.56. The normalized spacial score (nSPS) is 13.5. The maximum Gasteiger partial charge on any atom is 0.416 e. The molecule has 0 saturated heterocycles. The van der Waals surface area contributed by atoms with Gasteiger partial charge in [0.2, 0.25) is 0 Å². The molecule has 0 fully saturated rings. The van der Waals surface area contributed by atoms with Crippen molar-refractivity contribution in [3.05, 3.63) is 59.3 Å². The highest BCUT2D eigenvalue weighted by atomic mass is 19.4. The number of benzene rings is 1. The minimum atomic E-state index is -4.61. The Kier molecular flexibility index (Phi) is 3.59. The van der Waals surface area contributed by atoms with E-state index in [0.29, 0.717) is 6.07 Å². The zero-order chi connectivity index (χ0) is 14.0. The number of nitrogens with two attached hydrogens (primary N) is 1. The molecule has 0 radical (unpaired) electrons. The smallest absolute Gasteiger partial charge is 0.416 e. The second-order valence-electron chi connectivity index (χ2n) is 3.84. The van der Waals surface area contributed by atoms with Gasteiger partial charge in [-0.25, -0.2) is 9.82 Å². The van der Waals surface area contributed by atoms with Crippen LogP contribution in [0.1, 0.15) is 22.9 Å². The summed E-state index contributed by atoms with van der Waals surface area (Å²) in [6, 6.07) is 4.10. The molecule has 102 valence electrons. The van der Waals surface area contributed by atoms with Crippen LogP contribution in [0, 0.1) is 5.82 Å². The molecule has 0 aliphatic carbocycles. The molecule has 2 rings (SSSR count). The average Bonchev–Trinajstić information content (AvgIpc) is 2.82. The molecular weight excluding hydrogens is 264 g/mol. The van der Waals surface area contributed by atoms with Gasteiger partial charge in [0.1, 0.15) is 17.6 Å². The minimum Gasteiger partial charge on any atom is -0.467 e. The molecular formula is C12H10F4N2O. The van der Waals surface area contributed by atoms with Gasteiger partial charge in [-0.15, -0.1) is 0 Å². The van der Waals surface area contributed by atoms with E-state index in [9.17, 15) is 17.6 Å². The molecule has 0 aliphatic heterocycles. The second-order valence-corrected chi connectivity index (χ2v) is 3.84. The predicted molar refractivity (Wildman–Crippen MR) is 59.3 cm³/mol. The van der Waals surface area contributed by atoms with Crippen LogP contribution in [0.3, 0.4) is 0 Å². The van der Waals surface area contributed by atoms with Crippen LogP contribution in [-0.4, -0.2) is 0 Å². The van der Waals surface area contributed by atoms with Crippen LogP contribution in [-0.2, 0) is 6.18 Å². The highest BCUT2D eigenvalue weighted by Gasteiger charge is 2.36. The van der Waals surface area contributed by atoms with Crippen LogP contribution >= 0.6 is 0 Å². The fourth-order valence-corrected chi connectivity index (χ4v) is 1.81. The van der Waals surface area contributed by atoms with Gasteiger partial charge >= 0.3 is 6.18 Å². The Morgan fingerprint density at radius 1 is 1.21 bits per heavy atom. The standard InChI is InChI=1S/C12H10F4N2O/c13-7-3-4-9(12(14,15)16)8(6-7)11(18-17)10-2-1-5-19-10/h1-6,11,18H,17H2. The Hall–Kier alpha value is -1.86. The quantitative estimate of drug-likeness (QED) is 0.514. The lowest BCUT2D eigenvalue weighted by atomic mass is 9.98. The van der Waals surface area contributed by atoms with Crippen LogP contribution in [0.15, 0.2) is 41.0 Å². The lowest BCUT2D eigenvalue weighted by Crippen LogP contribution is -2.30. The van der Waals surface area contributed by atoms with E-state index in [-0.39, 0.29) is 11.3 Å². The van der Waals surface area contributed by atoms with Crippen LogP contribution < -0.4 is 11.3 Å². The van der Waals surface area contributed by atoms with E-state index in [1.165, 1.54) is 18.4 Å². The molecule has 1 atom stereocenters. The zero-order valence-corrected chi connectivity index (χ0v) is 9.54. The third-order valence-electron chi connectivity index (χ3n) is 2.62. The number of hydrogen-bond donors (Lipinski definition) is 2. The van der Waals surface area contributed by atoms with Gasteiger partial charge in [0, 0.05) is 0 Å². The van der Waals surface area contributed by atoms with E-state index in [2.05, 4.69) is 5.43 Å². The maximum atomic E-state index is 13.2. The Morgan fingerprint density at radius 2 is 1.95 bits per heavy atom. The summed E-state index contributed by atoms with van der Waals surface area (Å²) in [5, 5.41) is 0. The summed E-state index contributed by atoms with van der Waals surface area (Å²) in [7, 11) is 0. The average molecular weight is 274 g/mol. The van der Waals surface area contributed by atoms with Crippen molar-refractivity contribution in [2.24, 2.45) is 5.84 Å². The first kappa shape index (κ1) is 13.6. The molecule has 2 aromatic rings. The summed E-state index contributed by atoms with van der Waals surface area (Å²) >= 11 is 0. The summed E-state index contributed by atoms with van der Waals surface area (Å²) in [4.78, 5) is 0. The molecule has 0 amide bonds. The number of hydrogen-bond acceptors (Lipinski definition) is 3. The van der Waals surface area contributed by atoms with Crippen molar-refractivity contribution in [3.8, 4) is 0 Å². The number of nitrogens with one attached hydrogen (secondary N) is 1. The van der Waals surface area contributed by atoms with Crippen molar-refractivity contribution in [1.29, 1.82) is 0 Å². The molecule has 3 nitrogen and oxygen atoms in total. The number of halogens is 4. The van der Waals surface area contributed by atoms with E-state index < -0.39 is 23.6 Å². The van der Waals surface area contributed by atoms with Crippen molar-refractivity contribution in [3.63, 3.8) is 0 Å². The van der Waals surface area contributed by atoms with Crippen LogP contribution in [0.25, 0.3) is 0 Å². The van der Waals surface area contributed by atoms with Crippen LogP contribution in [0.5, 0.6) is 0 Å². The topological polar surface area (TPSA) is 51.2 Å². The molecule has 0 bridgehead atoms. The Labute approximate surface area is 106 Å². The molecule has 19 heavy (non-hydrogen) atoms. The fourth-order valence-electron chi connectivity index (χ4n) is 1.81. The Bertz CT molecular complexity index is 551. The van der Waals surface area contributed by atoms with Gasteiger partial charge in [-0.3, -0.25) is 5.84 Å². The van der Waals surface area contributed by atoms with Gasteiger partial charge in [0.15, 0.2) is 0 Å². The molecule has 1 heterocycles. The second kappa shape index (κ2) is 5.02. The summed E-state index contributed by atoms with van der Waals surface area (Å²) in [6.45, 7) is 0. The third kappa shape index (κ3) is 2.77. The SMILES string of the molecule is NNC(c1ccco1)c1cc(F)ccc1C(F)(F)F. The van der Waals surface area contributed by atoms with Crippen molar-refractivity contribution in [2.75, 3.05) is 0 Å². The highest BCUT2D eigenvalue weighted by molar-refractivity contribution is 5.36. The van der Waals surface area contributed by atoms with E-state index in [4.69, 9.17) is 10.3 Å². The summed E-state index contributed by atoms with van der Waals surface area (Å²) < 4.78 is 56.9. The van der Waals surface area contributed by atoms with Gasteiger partial charge < -0.3 is 4.42 Å². The maximum absolute atomic E-state index is 13.2. The number of furan rings is 1. The molecule has 3 N–H and O–H groups in total. The van der Waals surface area contributed by atoms with E-state index >= 15 is 0 Å². The predicted octanol–water partition coefficient (Wildman–Crippen LogP) is 2.99. The van der Waals surface area contributed by atoms with Crippen molar-refractivity contribution in [1.82, 2.24) is 5.43 Å². The lowest BCUT2D eigenvalue weighted by Gasteiger charge is -2.19. The van der Waals surface area contributed by atoms with E-state index in [1.54, 1.807) is 0 Å². The number of rotatable bonds is 3. The van der Waals surface area contributed by atoms with E-state index in [0.717, 1.165) is 12.1 Å². The van der Waals surface area contributed by atoms with Crippen molar-refractivity contribution < 1.29 is 22.0 Å². The molecule has 0 spiro atoms. The molecule has 1 unspecified atom stereocenters. The first-order valence-corrected chi connectivity index (χ1v) is 5.29. The highest BCUT2D eigenvalue weighted by Crippen LogP contribution is 2.36. The van der Waals surface area contributed by atoms with E-state index in [1.807, 2.05) is 0 Å². The summed E-state index contributed by atoms with van der Waals surface area (Å²) in [5.41, 5.74) is 0.907. The van der Waals surface area contributed by atoms with Crippen molar-refractivity contribution in [2.45, 2.75) is 12.2 Å². The number of hydrazine groups is 1. The first-order valence-electron chi connectivity index (χ1n) is 5.29. The third-order valence-corrected chi connectivity index (χ3v) is 2.62. The first-order chi connectivity index (χ1) is 8.93. The minimum absolute atomic E-state index is 0.165. The van der Waals surface area contributed by atoms with Gasteiger partial charge in [-0.2, -0.15) is 13.2 Å². The molecule has 7 heteroatoms. The molecule has 0 saturated carbocycles. The van der Waals surface area contributed by atoms with Crippen LogP contribution in [0.2, 0.25) is 0 Å². The van der Waals surface area contributed by atoms with Gasteiger partial charge in [-0.05, 0) is 35.9 Å². The largest absolute Gasteiger partial charge is 0.467 e. The zero-order valence-electron chi connectivity index (χ0n) is 9.54. The summed E-state index contributed by atoms with van der Waals surface area (Å²) in [6.07, 6.45) is -3.31. The monoisotopic (exact) mass is 274 g/mol. The molecule has 1 aromatic carbocycles.